The number of fused-ring (bicyclic) bond motifs is 1. The molecule has 0 aliphatic rings. The molecule has 0 saturated carbocycles. The number of aromatic nitrogens is 3. The molecule has 13 heavy (non-hydrogen) atoms. The Labute approximate surface area is 75.9 Å². The van der Waals surface area contributed by atoms with Crippen molar-refractivity contribution in [3.8, 4) is 0 Å². The van der Waals surface area contributed by atoms with E-state index in [4.69, 9.17) is 0 Å². The van der Waals surface area contributed by atoms with E-state index in [9.17, 15) is 5.11 Å². The predicted octanol–water partition coefficient (Wildman–Crippen LogP) is 1.17. The monoisotopic (exact) mass is 177 g/mol. The number of hydrogen-bond acceptors (Lipinski definition) is 3. The Hall–Kier alpha value is -1.42. The van der Waals surface area contributed by atoms with E-state index >= 15 is 0 Å². The van der Waals surface area contributed by atoms with E-state index in [1.54, 1.807) is 24.8 Å². The minimum atomic E-state index is -0.447. The molecule has 1 N–H and O–H groups in total. The van der Waals surface area contributed by atoms with Crippen LogP contribution in [0.5, 0.6) is 0 Å². The molecule has 1 atom stereocenters. The van der Waals surface area contributed by atoms with Crippen molar-refractivity contribution in [1.29, 1.82) is 0 Å². The van der Waals surface area contributed by atoms with Crippen molar-refractivity contribution in [2.75, 3.05) is 0 Å². The maximum Gasteiger partial charge on any atom is 0.155 e. The van der Waals surface area contributed by atoms with Crippen LogP contribution in [0.4, 0.5) is 0 Å². The van der Waals surface area contributed by atoms with Gasteiger partial charge in [-0.3, -0.25) is 9.38 Å². The normalized spacial score (nSPS) is 13.4. The largest absolute Gasteiger partial charge is 0.387 e. The molecule has 0 spiro atoms. The maximum atomic E-state index is 9.63. The molecule has 1 unspecified atom stereocenters. The van der Waals surface area contributed by atoms with Gasteiger partial charge in [0.2, 0.25) is 0 Å². The topological polar surface area (TPSA) is 50.4 Å². The molecule has 2 aromatic rings. The molecule has 0 saturated heterocycles. The summed E-state index contributed by atoms with van der Waals surface area (Å²) < 4.78 is 1.85. The highest BCUT2D eigenvalue weighted by atomic mass is 16.3. The molecular formula is C9H11N3O. The molecule has 4 nitrogen and oxygen atoms in total. The molecular weight excluding hydrogens is 166 g/mol. The minimum Gasteiger partial charge on any atom is -0.387 e. The van der Waals surface area contributed by atoms with Crippen molar-refractivity contribution in [2.24, 2.45) is 0 Å². The molecule has 0 aromatic carbocycles. The average Bonchev–Trinajstić information content (AvgIpc) is 2.60. The Balaban J connectivity index is 2.57. The second-order valence-electron chi connectivity index (χ2n) is 2.91. The van der Waals surface area contributed by atoms with E-state index in [0.29, 0.717) is 6.42 Å². The molecule has 0 fully saturated rings. The second-order valence-corrected chi connectivity index (χ2v) is 2.91. The smallest absolute Gasteiger partial charge is 0.155 e. The highest BCUT2D eigenvalue weighted by molar-refractivity contribution is 5.37. The number of rotatable bonds is 2. The first kappa shape index (κ1) is 8.19. The van der Waals surface area contributed by atoms with Crippen LogP contribution in [0, 0.1) is 0 Å². The van der Waals surface area contributed by atoms with Gasteiger partial charge in [0.1, 0.15) is 0 Å². The van der Waals surface area contributed by atoms with Crippen molar-refractivity contribution in [3.05, 3.63) is 30.5 Å². The zero-order valence-corrected chi connectivity index (χ0v) is 7.38. The fraction of sp³-hybridized carbons (Fsp3) is 0.333. The summed E-state index contributed by atoms with van der Waals surface area (Å²) in [6.45, 7) is 1.94. The van der Waals surface area contributed by atoms with E-state index in [0.717, 1.165) is 11.3 Å². The summed E-state index contributed by atoms with van der Waals surface area (Å²) in [7, 11) is 0. The summed E-state index contributed by atoms with van der Waals surface area (Å²) in [5, 5.41) is 9.63. The van der Waals surface area contributed by atoms with Gasteiger partial charge < -0.3 is 5.11 Å². The minimum absolute atomic E-state index is 0.447. The van der Waals surface area contributed by atoms with Gasteiger partial charge in [0.15, 0.2) is 5.65 Å². The van der Waals surface area contributed by atoms with Crippen LogP contribution in [0.3, 0.4) is 0 Å². The van der Waals surface area contributed by atoms with E-state index in [2.05, 4.69) is 9.97 Å². The Bertz CT molecular complexity index is 410. The van der Waals surface area contributed by atoms with E-state index in [1.165, 1.54) is 0 Å². The third-order valence-electron chi connectivity index (χ3n) is 2.07. The number of aliphatic hydroxyl groups excluding tert-OH is 1. The van der Waals surface area contributed by atoms with Crippen molar-refractivity contribution >= 4 is 5.65 Å². The summed E-state index contributed by atoms with van der Waals surface area (Å²) in [4.78, 5) is 8.07. The summed E-state index contributed by atoms with van der Waals surface area (Å²) >= 11 is 0. The van der Waals surface area contributed by atoms with Gasteiger partial charge in [-0.25, -0.2) is 4.98 Å². The summed E-state index contributed by atoms with van der Waals surface area (Å²) in [6.07, 6.45) is 7.09. The van der Waals surface area contributed by atoms with Crippen molar-refractivity contribution in [3.63, 3.8) is 0 Å². The second kappa shape index (κ2) is 3.14. The van der Waals surface area contributed by atoms with Gasteiger partial charge in [0.25, 0.3) is 0 Å². The van der Waals surface area contributed by atoms with E-state index < -0.39 is 6.10 Å². The lowest BCUT2D eigenvalue weighted by molar-refractivity contribution is 0.168. The first-order valence-corrected chi connectivity index (χ1v) is 4.28. The zero-order chi connectivity index (χ0) is 9.26. The average molecular weight is 177 g/mol. The number of nitrogens with zero attached hydrogens (tertiary/aromatic N) is 3. The van der Waals surface area contributed by atoms with Gasteiger partial charge in [0.05, 0.1) is 24.2 Å². The summed E-state index contributed by atoms with van der Waals surface area (Å²) in [5.74, 6) is 0. The van der Waals surface area contributed by atoms with Gasteiger partial charge >= 0.3 is 0 Å². The maximum absolute atomic E-state index is 9.63. The molecule has 0 bridgehead atoms. The highest BCUT2D eigenvalue weighted by Gasteiger charge is 2.09. The van der Waals surface area contributed by atoms with Crippen LogP contribution in [0.25, 0.3) is 5.65 Å². The van der Waals surface area contributed by atoms with Crippen LogP contribution in [-0.2, 0) is 0 Å². The number of imidazole rings is 1. The Morgan fingerprint density at radius 1 is 1.54 bits per heavy atom. The van der Waals surface area contributed by atoms with Gasteiger partial charge in [-0.1, -0.05) is 6.92 Å². The Kier molecular flexibility index (Phi) is 1.98. The number of aliphatic hydroxyl groups is 1. The zero-order valence-electron chi connectivity index (χ0n) is 7.38. The van der Waals surface area contributed by atoms with Crippen molar-refractivity contribution < 1.29 is 5.11 Å². The lowest BCUT2D eigenvalue weighted by Crippen LogP contribution is -1.99. The highest BCUT2D eigenvalue weighted by Crippen LogP contribution is 2.16. The lowest BCUT2D eigenvalue weighted by Gasteiger charge is -2.05. The molecule has 2 heterocycles. The van der Waals surface area contributed by atoms with E-state index in [-0.39, 0.29) is 0 Å². The Morgan fingerprint density at radius 2 is 2.38 bits per heavy atom. The first-order chi connectivity index (χ1) is 6.33. The van der Waals surface area contributed by atoms with Gasteiger partial charge in [-0.15, -0.1) is 0 Å². The lowest BCUT2D eigenvalue weighted by atomic mass is 10.2. The fourth-order valence-electron chi connectivity index (χ4n) is 1.32. The van der Waals surface area contributed by atoms with E-state index in [1.807, 2.05) is 11.3 Å². The molecule has 2 rings (SSSR count). The predicted molar refractivity (Wildman–Crippen MR) is 48.2 cm³/mol. The van der Waals surface area contributed by atoms with Gasteiger partial charge in [-0.2, -0.15) is 0 Å². The molecule has 0 radical (unpaired) electrons. The molecule has 0 aliphatic carbocycles. The van der Waals surface area contributed by atoms with Gasteiger partial charge in [0, 0.05) is 12.4 Å². The van der Waals surface area contributed by atoms with Crippen LogP contribution in [-0.4, -0.2) is 19.5 Å². The molecule has 2 aromatic heterocycles. The molecule has 0 aliphatic heterocycles. The van der Waals surface area contributed by atoms with Crippen LogP contribution < -0.4 is 0 Å². The Morgan fingerprint density at radius 3 is 3.15 bits per heavy atom. The van der Waals surface area contributed by atoms with Crippen LogP contribution in [0.1, 0.15) is 25.1 Å². The third kappa shape index (κ3) is 1.29. The van der Waals surface area contributed by atoms with Crippen LogP contribution >= 0.6 is 0 Å². The van der Waals surface area contributed by atoms with Crippen LogP contribution in [0.2, 0.25) is 0 Å². The van der Waals surface area contributed by atoms with Crippen molar-refractivity contribution in [1.82, 2.24) is 14.4 Å². The third-order valence-corrected chi connectivity index (χ3v) is 2.07. The van der Waals surface area contributed by atoms with Crippen LogP contribution in [0.15, 0.2) is 24.8 Å². The molecule has 4 heteroatoms. The molecule has 0 amide bonds. The SMILES string of the molecule is CCC(O)c1cnc2cnccn12. The molecule has 68 valence electrons. The first-order valence-electron chi connectivity index (χ1n) is 4.28. The fourth-order valence-corrected chi connectivity index (χ4v) is 1.32. The van der Waals surface area contributed by atoms with Gasteiger partial charge in [-0.05, 0) is 6.42 Å². The summed E-state index contributed by atoms with van der Waals surface area (Å²) in [5.41, 5.74) is 1.59. The standard InChI is InChI=1S/C9H11N3O/c1-2-8(13)7-5-11-9-6-10-3-4-12(7)9/h3-6,8,13H,2H2,1H3. The van der Waals surface area contributed by atoms with Crippen molar-refractivity contribution in [2.45, 2.75) is 19.4 Å². The summed E-state index contributed by atoms with van der Waals surface area (Å²) in [6, 6.07) is 0. The number of hydrogen-bond donors (Lipinski definition) is 1. The quantitative estimate of drug-likeness (QED) is 0.749.